The van der Waals surface area contributed by atoms with Gasteiger partial charge < -0.3 is 23.7 Å². The van der Waals surface area contributed by atoms with Crippen LogP contribution in [0, 0.1) is 0 Å². The van der Waals surface area contributed by atoms with E-state index in [0.29, 0.717) is 52.4 Å². The van der Waals surface area contributed by atoms with E-state index in [1.165, 1.54) is 0 Å². The van der Waals surface area contributed by atoms with Crippen LogP contribution < -0.4 is 19.6 Å². The fourth-order valence-corrected chi connectivity index (χ4v) is 4.99. The number of benzene rings is 2. The van der Waals surface area contributed by atoms with E-state index in [1.54, 1.807) is 25.3 Å². The molecule has 1 aliphatic heterocycles. The normalized spacial score (nSPS) is 13.9. The standard InChI is InChI=1S/C30H35BrO6/c1-18(2)10-11-20-25-22(17-24(29(20)34-5)35-15-9-7-6-8-14-31)36-23-16-21-19(12-13-30(3,4)37-21)27(32)26(23)28(25)33/h10,12-13,16-17,32H,6-9,11,14-15H2,1-5H3. The Labute approximate surface area is 226 Å². The summed E-state index contributed by atoms with van der Waals surface area (Å²) < 4.78 is 24.2. The molecule has 0 unspecified atom stereocenters. The number of fused-ring (bicyclic) bond motifs is 3. The van der Waals surface area contributed by atoms with Crippen LogP contribution in [-0.2, 0) is 6.42 Å². The van der Waals surface area contributed by atoms with Gasteiger partial charge >= 0.3 is 0 Å². The van der Waals surface area contributed by atoms with Crippen LogP contribution in [0.2, 0.25) is 0 Å². The highest BCUT2D eigenvalue weighted by Gasteiger charge is 2.28. The van der Waals surface area contributed by atoms with Crippen LogP contribution >= 0.6 is 15.9 Å². The summed E-state index contributed by atoms with van der Waals surface area (Å²) in [6, 6.07) is 3.40. The third-order valence-electron chi connectivity index (χ3n) is 6.48. The first-order valence-corrected chi connectivity index (χ1v) is 13.9. The molecule has 2 heterocycles. The zero-order chi connectivity index (χ0) is 26.7. The molecule has 0 bridgehead atoms. The molecule has 1 aliphatic rings. The van der Waals surface area contributed by atoms with E-state index in [4.69, 9.17) is 18.6 Å². The first-order valence-electron chi connectivity index (χ1n) is 12.7. The van der Waals surface area contributed by atoms with Crippen molar-refractivity contribution in [3.05, 3.63) is 51.2 Å². The van der Waals surface area contributed by atoms with Crippen molar-refractivity contribution >= 4 is 43.9 Å². The lowest BCUT2D eigenvalue weighted by molar-refractivity contribution is 0.158. The van der Waals surface area contributed by atoms with Crippen molar-refractivity contribution in [1.29, 1.82) is 0 Å². The van der Waals surface area contributed by atoms with Gasteiger partial charge in [-0.2, -0.15) is 0 Å². The van der Waals surface area contributed by atoms with Crippen LogP contribution in [0.4, 0.5) is 0 Å². The first kappa shape index (κ1) is 27.1. The first-order chi connectivity index (χ1) is 17.7. The number of unbranched alkanes of at least 4 members (excludes halogenated alkanes) is 3. The van der Waals surface area contributed by atoms with Gasteiger partial charge in [0.2, 0.25) is 5.43 Å². The van der Waals surface area contributed by atoms with E-state index < -0.39 is 5.60 Å². The molecule has 2 aromatic carbocycles. The SMILES string of the molecule is COc1c(OCCCCCCBr)cc2oc3cc4c(c(O)c3c(=O)c2c1CC=C(C)C)C=CC(C)(C)O4. The quantitative estimate of drug-likeness (QED) is 0.116. The molecular weight excluding hydrogens is 536 g/mol. The van der Waals surface area contributed by atoms with Gasteiger partial charge in [0.05, 0.1) is 24.7 Å². The number of rotatable bonds is 10. The molecule has 1 aromatic heterocycles. The van der Waals surface area contributed by atoms with Crippen molar-refractivity contribution in [1.82, 2.24) is 0 Å². The second kappa shape index (κ2) is 11.2. The molecule has 0 atom stereocenters. The molecule has 0 radical (unpaired) electrons. The van der Waals surface area contributed by atoms with E-state index in [9.17, 15) is 9.90 Å². The average Bonchev–Trinajstić information content (AvgIpc) is 2.83. The Bertz CT molecular complexity index is 1430. The number of alkyl halides is 1. The summed E-state index contributed by atoms with van der Waals surface area (Å²) in [5, 5.41) is 12.6. The Kier molecular flexibility index (Phi) is 8.22. The highest BCUT2D eigenvalue weighted by molar-refractivity contribution is 9.09. The van der Waals surface area contributed by atoms with Crippen LogP contribution in [0.15, 0.2) is 39.1 Å². The summed E-state index contributed by atoms with van der Waals surface area (Å²) in [5.41, 5.74) is 2.05. The van der Waals surface area contributed by atoms with Crippen molar-refractivity contribution < 1.29 is 23.7 Å². The number of phenolic OH excluding ortho intramolecular Hbond substituents is 1. The number of allylic oxidation sites excluding steroid dienone is 2. The van der Waals surface area contributed by atoms with Crippen molar-refractivity contribution in [3.63, 3.8) is 0 Å². The molecule has 0 amide bonds. The molecule has 37 heavy (non-hydrogen) atoms. The van der Waals surface area contributed by atoms with Crippen LogP contribution in [0.25, 0.3) is 28.0 Å². The van der Waals surface area contributed by atoms with Gasteiger partial charge in [-0.05, 0) is 59.1 Å². The molecule has 0 spiro atoms. The minimum absolute atomic E-state index is 0.125. The molecule has 0 saturated heterocycles. The smallest absolute Gasteiger partial charge is 0.204 e. The molecule has 0 saturated carbocycles. The second-order valence-electron chi connectivity index (χ2n) is 10.2. The van der Waals surface area contributed by atoms with Gasteiger partial charge in [-0.25, -0.2) is 0 Å². The molecule has 4 rings (SSSR count). The maximum absolute atomic E-state index is 13.9. The van der Waals surface area contributed by atoms with E-state index in [2.05, 4.69) is 15.9 Å². The minimum atomic E-state index is -0.537. The number of hydrogen-bond acceptors (Lipinski definition) is 6. The third kappa shape index (κ3) is 5.66. The van der Waals surface area contributed by atoms with Crippen molar-refractivity contribution in [3.8, 4) is 23.0 Å². The molecule has 0 aliphatic carbocycles. The van der Waals surface area contributed by atoms with E-state index in [0.717, 1.165) is 36.6 Å². The monoisotopic (exact) mass is 570 g/mol. The Morgan fingerprint density at radius 1 is 1.11 bits per heavy atom. The van der Waals surface area contributed by atoms with Gasteiger partial charge in [-0.1, -0.05) is 40.4 Å². The average molecular weight is 572 g/mol. The zero-order valence-electron chi connectivity index (χ0n) is 22.2. The van der Waals surface area contributed by atoms with Crippen LogP contribution in [-0.4, -0.2) is 29.8 Å². The van der Waals surface area contributed by atoms with Crippen LogP contribution in [0.5, 0.6) is 23.0 Å². The van der Waals surface area contributed by atoms with Gasteiger partial charge in [0, 0.05) is 23.0 Å². The molecule has 6 nitrogen and oxygen atoms in total. The van der Waals surface area contributed by atoms with Crippen molar-refractivity contribution in [2.24, 2.45) is 0 Å². The van der Waals surface area contributed by atoms with Gasteiger partial charge in [0.25, 0.3) is 0 Å². The Hall–Kier alpha value is -2.93. The molecule has 7 heteroatoms. The molecular formula is C30H35BrO6. The van der Waals surface area contributed by atoms with Crippen LogP contribution in [0.1, 0.15) is 64.5 Å². The van der Waals surface area contributed by atoms with Gasteiger partial charge in [0.15, 0.2) is 11.5 Å². The summed E-state index contributed by atoms with van der Waals surface area (Å²) in [7, 11) is 1.58. The summed E-state index contributed by atoms with van der Waals surface area (Å²) in [5.74, 6) is 1.38. The zero-order valence-corrected chi connectivity index (χ0v) is 23.8. The number of methoxy groups -OCH3 is 1. The minimum Gasteiger partial charge on any atom is -0.506 e. The van der Waals surface area contributed by atoms with Gasteiger partial charge in [-0.15, -0.1) is 0 Å². The number of ether oxygens (including phenoxy) is 3. The van der Waals surface area contributed by atoms with Gasteiger partial charge in [0.1, 0.15) is 33.7 Å². The summed E-state index contributed by atoms with van der Waals surface area (Å²) >= 11 is 3.47. The van der Waals surface area contributed by atoms with E-state index in [1.807, 2.05) is 39.8 Å². The third-order valence-corrected chi connectivity index (χ3v) is 7.04. The largest absolute Gasteiger partial charge is 0.506 e. The summed E-state index contributed by atoms with van der Waals surface area (Å²) in [4.78, 5) is 13.9. The lowest BCUT2D eigenvalue weighted by Gasteiger charge is -2.28. The number of phenols is 1. The second-order valence-corrected chi connectivity index (χ2v) is 11.0. The highest BCUT2D eigenvalue weighted by atomic mass is 79.9. The number of aromatic hydroxyl groups is 1. The van der Waals surface area contributed by atoms with Crippen molar-refractivity contribution in [2.75, 3.05) is 19.0 Å². The fraction of sp³-hybridized carbons (Fsp3) is 0.433. The summed E-state index contributed by atoms with van der Waals surface area (Å²) in [6.07, 6.45) is 10.4. The van der Waals surface area contributed by atoms with E-state index >= 15 is 0 Å². The maximum Gasteiger partial charge on any atom is 0.204 e. The number of halogens is 1. The van der Waals surface area contributed by atoms with E-state index in [-0.39, 0.29) is 22.1 Å². The van der Waals surface area contributed by atoms with Crippen LogP contribution in [0.3, 0.4) is 0 Å². The number of hydrogen-bond donors (Lipinski definition) is 1. The lowest BCUT2D eigenvalue weighted by atomic mass is 9.97. The summed E-state index contributed by atoms with van der Waals surface area (Å²) in [6.45, 7) is 8.40. The molecule has 0 fully saturated rings. The lowest BCUT2D eigenvalue weighted by Crippen LogP contribution is -2.27. The fourth-order valence-electron chi connectivity index (χ4n) is 4.59. The Morgan fingerprint density at radius 3 is 2.54 bits per heavy atom. The Balaban J connectivity index is 1.90. The van der Waals surface area contributed by atoms with Crippen molar-refractivity contribution in [2.45, 2.75) is 65.4 Å². The Morgan fingerprint density at radius 2 is 1.84 bits per heavy atom. The molecule has 1 N–H and O–H groups in total. The molecule has 3 aromatic rings. The molecule has 198 valence electrons. The highest BCUT2D eigenvalue weighted by Crippen LogP contribution is 2.43. The predicted octanol–water partition coefficient (Wildman–Crippen LogP) is 7.69. The predicted molar refractivity (Wildman–Crippen MR) is 153 cm³/mol. The topological polar surface area (TPSA) is 78.1 Å². The van der Waals surface area contributed by atoms with Gasteiger partial charge in [-0.3, -0.25) is 4.79 Å². The maximum atomic E-state index is 13.9.